The summed E-state index contributed by atoms with van der Waals surface area (Å²) in [7, 11) is 0. The van der Waals surface area contributed by atoms with E-state index < -0.39 is 0 Å². The highest BCUT2D eigenvalue weighted by atomic mass is 14.3. The zero-order valence-electron chi connectivity index (χ0n) is 10.5. The van der Waals surface area contributed by atoms with Gasteiger partial charge in [-0.1, -0.05) is 54.4 Å². The van der Waals surface area contributed by atoms with Gasteiger partial charge in [0.1, 0.15) is 0 Å². The second-order valence-corrected chi connectivity index (χ2v) is 5.26. The van der Waals surface area contributed by atoms with E-state index in [0.717, 1.165) is 11.8 Å². The molecular formula is C13H28. The molecule has 13 heavy (non-hydrogen) atoms. The fraction of sp³-hybridized carbons (Fsp3) is 1.00. The molecule has 1 aliphatic carbocycles. The molecule has 0 heteroatoms. The minimum Gasteiger partial charge on any atom is -0.0683 e. The van der Waals surface area contributed by atoms with Crippen LogP contribution in [0.25, 0.3) is 0 Å². The molecule has 0 aliphatic heterocycles. The van der Waals surface area contributed by atoms with Gasteiger partial charge < -0.3 is 0 Å². The highest BCUT2D eigenvalue weighted by molar-refractivity contribution is 4.80. The molecule has 0 aromatic heterocycles. The van der Waals surface area contributed by atoms with Crippen molar-refractivity contribution in [1.29, 1.82) is 0 Å². The quantitative estimate of drug-likeness (QED) is 0.544. The van der Waals surface area contributed by atoms with Crippen LogP contribution in [0.3, 0.4) is 0 Å². The van der Waals surface area contributed by atoms with Crippen LogP contribution in [0.5, 0.6) is 0 Å². The number of hydrogen-bond acceptors (Lipinski definition) is 0. The maximum Gasteiger partial charge on any atom is -0.0351 e. The lowest BCUT2D eigenvalue weighted by molar-refractivity contribution is 0.147. The van der Waals surface area contributed by atoms with E-state index in [1.165, 1.54) is 25.7 Å². The summed E-state index contributed by atoms with van der Waals surface area (Å²) >= 11 is 0. The summed E-state index contributed by atoms with van der Waals surface area (Å²) in [6.45, 7) is 13.6. The molecule has 1 aliphatic rings. The molecule has 1 unspecified atom stereocenters. The van der Waals surface area contributed by atoms with Crippen molar-refractivity contribution in [1.82, 2.24) is 0 Å². The predicted octanol–water partition coefficient (Wildman–Crippen LogP) is 4.89. The Morgan fingerprint density at radius 1 is 1.15 bits per heavy atom. The lowest BCUT2D eigenvalue weighted by Gasteiger charge is -2.37. The predicted molar refractivity (Wildman–Crippen MR) is 61.9 cm³/mol. The van der Waals surface area contributed by atoms with Gasteiger partial charge in [-0.2, -0.15) is 0 Å². The Balaban J connectivity index is 0.000000671. The third-order valence-electron chi connectivity index (χ3n) is 3.19. The van der Waals surface area contributed by atoms with Crippen LogP contribution < -0.4 is 0 Å². The fourth-order valence-corrected chi connectivity index (χ4v) is 2.33. The molecule has 0 nitrogen and oxygen atoms in total. The van der Waals surface area contributed by atoms with E-state index >= 15 is 0 Å². The molecule has 1 saturated carbocycles. The van der Waals surface area contributed by atoms with Gasteiger partial charge in [0.2, 0.25) is 0 Å². The highest BCUT2D eigenvalue weighted by Gasteiger charge is 2.29. The fourth-order valence-electron chi connectivity index (χ4n) is 2.33. The third-order valence-corrected chi connectivity index (χ3v) is 3.19. The number of rotatable bonds is 1. The maximum atomic E-state index is 2.42. The highest BCUT2D eigenvalue weighted by Crippen LogP contribution is 2.41. The molecule has 1 fully saturated rings. The van der Waals surface area contributed by atoms with Crippen LogP contribution in [-0.4, -0.2) is 0 Å². The maximum absolute atomic E-state index is 2.42. The molecule has 0 N–H and O–H groups in total. The van der Waals surface area contributed by atoms with E-state index in [1.54, 1.807) is 0 Å². The molecule has 0 radical (unpaired) electrons. The topological polar surface area (TPSA) is 0 Å². The normalized spacial score (nSPS) is 26.5. The first-order chi connectivity index (χ1) is 6.01. The van der Waals surface area contributed by atoms with E-state index in [-0.39, 0.29) is 0 Å². The first kappa shape index (κ1) is 13.0. The zero-order chi connectivity index (χ0) is 10.5. The Labute approximate surface area is 85.1 Å². The van der Waals surface area contributed by atoms with E-state index in [2.05, 4.69) is 27.7 Å². The molecule has 1 atom stereocenters. The van der Waals surface area contributed by atoms with Crippen molar-refractivity contribution in [3.05, 3.63) is 0 Å². The Kier molecular flexibility index (Phi) is 5.67. The van der Waals surface area contributed by atoms with Crippen LogP contribution in [0.1, 0.15) is 67.2 Å². The summed E-state index contributed by atoms with van der Waals surface area (Å²) in [5.41, 5.74) is 0.632. The van der Waals surface area contributed by atoms with E-state index in [9.17, 15) is 0 Å². The lowest BCUT2D eigenvalue weighted by Crippen LogP contribution is -2.25. The van der Waals surface area contributed by atoms with Crippen LogP contribution in [0.15, 0.2) is 0 Å². The van der Waals surface area contributed by atoms with E-state index in [4.69, 9.17) is 0 Å². The van der Waals surface area contributed by atoms with Crippen LogP contribution in [-0.2, 0) is 0 Å². The van der Waals surface area contributed by atoms with Gasteiger partial charge in [-0.25, -0.2) is 0 Å². The summed E-state index contributed by atoms with van der Waals surface area (Å²) in [6.07, 6.45) is 5.82. The van der Waals surface area contributed by atoms with Crippen LogP contribution in [0.2, 0.25) is 0 Å². The van der Waals surface area contributed by atoms with Crippen molar-refractivity contribution in [3.8, 4) is 0 Å². The summed E-state index contributed by atoms with van der Waals surface area (Å²) in [4.78, 5) is 0. The lowest BCUT2D eigenvalue weighted by atomic mass is 9.69. The summed E-state index contributed by atoms with van der Waals surface area (Å²) in [5, 5.41) is 0. The van der Waals surface area contributed by atoms with Crippen molar-refractivity contribution in [2.75, 3.05) is 0 Å². The first-order valence-corrected chi connectivity index (χ1v) is 6.01. The molecular weight excluding hydrogens is 156 g/mol. The molecule has 0 heterocycles. The molecule has 0 aromatic rings. The van der Waals surface area contributed by atoms with Crippen molar-refractivity contribution in [3.63, 3.8) is 0 Å². The minimum absolute atomic E-state index is 0.632. The number of hydrogen-bond donors (Lipinski definition) is 0. The SMILES string of the molecule is CC.CC(C)C1CCCC(C)(C)C1. The van der Waals surface area contributed by atoms with Crippen LogP contribution in [0, 0.1) is 17.3 Å². The van der Waals surface area contributed by atoms with Crippen molar-refractivity contribution >= 4 is 0 Å². The second kappa shape index (κ2) is 5.67. The van der Waals surface area contributed by atoms with Gasteiger partial charge in [0.05, 0.1) is 0 Å². The second-order valence-electron chi connectivity index (χ2n) is 5.26. The average Bonchev–Trinajstić information content (AvgIpc) is 2.06. The smallest absolute Gasteiger partial charge is 0.0351 e. The molecule has 0 amide bonds. The largest absolute Gasteiger partial charge is 0.0683 e. The van der Waals surface area contributed by atoms with Gasteiger partial charge in [-0.3, -0.25) is 0 Å². The molecule has 0 spiro atoms. The summed E-state index contributed by atoms with van der Waals surface area (Å²) in [6, 6.07) is 0. The molecule has 0 aromatic carbocycles. The van der Waals surface area contributed by atoms with Gasteiger partial charge in [0.15, 0.2) is 0 Å². The third kappa shape index (κ3) is 4.69. The molecule has 1 rings (SSSR count). The average molecular weight is 184 g/mol. The Bertz CT molecular complexity index is 122. The van der Waals surface area contributed by atoms with E-state index in [1.807, 2.05) is 13.8 Å². The minimum atomic E-state index is 0.632. The van der Waals surface area contributed by atoms with Crippen molar-refractivity contribution in [2.24, 2.45) is 17.3 Å². The van der Waals surface area contributed by atoms with Crippen LogP contribution in [0.4, 0.5) is 0 Å². The van der Waals surface area contributed by atoms with Gasteiger partial charge >= 0.3 is 0 Å². The van der Waals surface area contributed by atoms with E-state index in [0.29, 0.717) is 5.41 Å². The van der Waals surface area contributed by atoms with Gasteiger partial charge in [0, 0.05) is 0 Å². The Hall–Kier alpha value is 0. The first-order valence-electron chi connectivity index (χ1n) is 6.01. The van der Waals surface area contributed by atoms with Crippen molar-refractivity contribution < 1.29 is 0 Å². The van der Waals surface area contributed by atoms with Crippen molar-refractivity contribution in [2.45, 2.75) is 67.2 Å². The molecule has 80 valence electrons. The Morgan fingerprint density at radius 3 is 2.00 bits per heavy atom. The standard InChI is InChI=1S/C11H22.C2H6/c1-9(2)10-6-5-7-11(3,4)8-10;1-2/h9-10H,5-8H2,1-4H3;1-2H3. The van der Waals surface area contributed by atoms with Crippen LogP contribution >= 0.6 is 0 Å². The zero-order valence-corrected chi connectivity index (χ0v) is 10.5. The Morgan fingerprint density at radius 2 is 1.69 bits per heavy atom. The monoisotopic (exact) mass is 184 g/mol. The molecule has 0 saturated heterocycles. The van der Waals surface area contributed by atoms with Gasteiger partial charge in [-0.15, -0.1) is 0 Å². The van der Waals surface area contributed by atoms with Gasteiger partial charge in [0.25, 0.3) is 0 Å². The van der Waals surface area contributed by atoms with Gasteiger partial charge in [-0.05, 0) is 30.1 Å². The summed E-state index contributed by atoms with van der Waals surface area (Å²) in [5.74, 6) is 1.90. The summed E-state index contributed by atoms with van der Waals surface area (Å²) < 4.78 is 0. The molecule has 0 bridgehead atoms.